The van der Waals surface area contributed by atoms with Gasteiger partial charge in [0.2, 0.25) is 0 Å². The number of aryl methyl sites for hydroxylation is 1. The molecular formula is C17H14BrF3N4O. The van der Waals surface area contributed by atoms with Crippen LogP contribution in [-0.2, 0) is 0 Å². The number of carbonyl (C=O) groups excluding carboxylic acids is 1. The standard InChI is InChI=1S/C17H14BrF3N4O/c1-8(11-4-3-5-12(14(11)19)15(20)21)22-17(26)10-6-13(18)16-23-9(2)24-25(16)7-10/h3-8,15H,1-2H3,(H,22,26)/t8-/m1/s1. The zero-order valence-corrected chi connectivity index (χ0v) is 15.4. The number of fused-ring (bicyclic) bond motifs is 1. The molecule has 136 valence electrons. The minimum absolute atomic E-state index is 0.00658. The summed E-state index contributed by atoms with van der Waals surface area (Å²) in [6.07, 6.45) is -1.43. The van der Waals surface area contributed by atoms with E-state index in [0.717, 1.165) is 6.07 Å². The van der Waals surface area contributed by atoms with Crippen molar-refractivity contribution in [3.63, 3.8) is 0 Å². The second-order valence-electron chi connectivity index (χ2n) is 5.75. The maximum atomic E-state index is 14.2. The van der Waals surface area contributed by atoms with Gasteiger partial charge in [0.1, 0.15) is 11.6 Å². The molecule has 9 heteroatoms. The van der Waals surface area contributed by atoms with E-state index in [-0.39, 0.29) is 11.1 Å². The maximum absolute atomic E-state index is 14.2. The molecule has 5 nitrogen and oxygen atoms in total. The van der Waals surface area contributed by atoms with Crippen molar-refractivity contribution < 1.29 is 18.0 Å². The van der Waals surface area contributed by atoms with Gasteiger partial charge in [-0.1, -0.05) is 18.2 Å². The van der Waals surface area contributed by atoms with Gasteiger partial charge in [-0.05, 0) is 35.8 Å². The topological polar surface area (TPSA) is 59.3 Å². The van der Waals surface area contributed by atoms with Crippen LogP contribution in [0.25, 0.3) is 5.65 Å². The molecule has 0 saturated heterocycles. The largest absolute Gasteiger partial charge is 0.345 e. The highest BCUT2D eigenvalue weighted by molar-refractivity contribution is 9.10. The molecule has 0 aliphatic rings. The molecule has 0 aliphatic heterocycles. The van der Waals surface area contributed by atoms with E-state index in [4.69, 9.17) is 0 Å². The van der Waals surface area contributed by atoms with Crippen LogP contribution in [0.2, 0.25) is 0 Å². The molecule has 1 amide bonds. The highest BCUT2D eigenvalue weighted by Gasteiger charge is 2.21. The molecule has 0 unspecified atom stereocenters. The summed E-state index contributed by atoms with van der Waals surface area (Å²) in [5, 5.41) is 6.76. The third-order valence-electron chi connectivity index (χ3n) is 3.86. The monoisotopic (exact) mass is 426 g/mol. The average molecular weight is 427 g/mol. The van der Waals surface area contributed by atoms with Crippen LogP contribution >= 0.6 is 15.9 Å². The number of benzene rings is 1. The molecular weight excluding hydrogens is 413 g/mol. The average Bonchev–Trinajstić information content (AvgIpc) is 2.95. The van der Waals surface area contributed by atoms with Crippen LogP contribution in [0.15, 0.2) is 34.9 Å². The Balaban J connectivity index is 1.87. The summed E-state index contributed by atoms with van der Waals surface area (Å²) in [4.78, 5) is 16.7. The third kappa shape index (κ3) is 3.44. The molecule has 0 bridgehead atoms. The summed E-state index contributed by atoms with van der Waals surface area (Å²) in [5.74, 6) is -0.962. The first kappa shape index (κ1) is 18.4. The summed E-state index contributed by atoms with van der Waals surface area (Å²) >= 11 is 3.33. The lowest BCUT2D eigenvalue weighted by molar-refractivity contribution is 0.0938. The van der Waals surface area contributed by atoms with Gasteiger partial charge in [0.15, 0.2) is 5.65 Å². The lowest BCUT2D eigenvalue weighted by atomic mass is 10.0. The van der Waals surface area contributed by atoms with Crippen LogP contribution in [0.3, 0.4) is 0 Å². The molecule has 0 fully saturated rings. The number of aromatic nitrogens is 3. The second kappa shape index (κ2) is 7.06. The Labute approximate surface area is 155 Å². The molecule has 1 aromatic carbocycles. The van der Waals surface area contributed by atoms with Crippen molar-refractivity contribution in [3.8, 4) is 0 Å². The van der Waals surface area contributed by atoms with Crippen molar-refractivity contribution >= 4 is 27.5 Å². The van der Waals surface area contributed by atoms with Gasteiger partial charge in [0.05, 0.1) is 21.6 Å². The molecule has 26 heavy (non-hydrogen) atoms. The number of alkyl halides is 2. The fraction of sp³-hybridized carbons (Fsp3) is 0.235. The molecule has 1 atom stereocenters. The zero-order valence-electron chi connectivity index (χ0n) is 13.8. The third-order valence-corrected chi connectivity index (χ3v) is 4.45. The Morgan fingerprint density at radius 2 is 2.00 bits per heavy atom. The highest BCUT2D eigenvalue weighted by atomic mass is 79.9. The fourth-order valence-electron chi connectivity index (χ4n) is 2.61. The number of nitrogens with zero attached hydrogens (tertiary/aromatic N) is 3. The molecule has 0 aliphatic carbocycles. The van der Waals surface area contributed by atoms with E-state index in [9.17, 15) is 18.0 Å². The SMILES string of the molecule is Cc1nc2c(Br)cc(C(=O)N[C@H](C)c3cccc(C(F)F)c3F)cn2n1. The predicted octanol–water partition coefficient (Wildman–Crippen LogP) is 4.37. The number of carbonyl (C=O) groups is 1. The van der Waals surface area contributed by atoms with Crippen molar-refractivity contribution in [1.82, 2.24) is 19.9 Å². The van der Waals surface area contributed by atoms with E-state index >= 15 is 0 Å². The molecule has 0 saturated carbocycles. The molecule has 2 aromatic heterocycles. The Bertz CT molecular complexity index is 990. The van der Waals surface area contributed by atoms with Gasteiger partial charge < -0.3 is 5.32 Å². The predicted molar refractivity (Wildman–Crippen MR) is 92.7 cm³/mol. The molecule has 1 N–H and O–H groups in total. The van der Waals surface area contributed by atoms with E-state index in [1.807, 2.05) is 0 Å². The Morgan fingerprint density at radius 1 is 1.31 bits per heavy atom. The van der Waals surface area contributed by atoms with Gasteiger partial charge in [-0.15, -0.1) is 0 Å². The van der Waals surface area contributed by atoms with Crippen LogP contribution in [-0.4, -0.2) is 20.5 Å². The number of rotatable bonds is 4. The van der Waals surface area contributed by atoms with Crippen molar-refractivity contribution in [3.05, 3.63) is 63.3 Å². The number of pyridine rings is 1. The van der Waals surface area contributed by atoms with E-state index < -0.39 is 29.8 Å². The normalized spacial score (nSPS) is 12.6. The molecule has 2 heterocycles. The first-order valence-corrected chi connectivity index (χ1v) is 8.47. The smallest absolute Gasteiger partial charge is 0.266 e. The van der Waals surface area contributed by atoms with Crippen molar-refractivity contribution in [2.24, 2.45) is 0 Å². The van der Waals surface area contributed by atoms with Crippen molar-refractivity contribution in [2.75, 3.05) is 0 Å². The summed E-state index contributed by atoms with van der Waals surface area (Å²) < 4.78 is 42.0. The minimum atomic E-state index is -2.92. The second-order valence-corrected chi connectivity index (χ2v) is 6.60. The van der Waals surface area contributed by atoms with Crippen LogP contribution in [0.1, 0.15) is 46.7 Å². The van der Waals surface area contributed by atoms with E-state index in [1.165, 1.54) is 29.8 Å². The first-order valence-electron chi connectivity index (χ1n) is 7.67. The summed E-state index contributed by atoms with van der Waals surface area (Å²) in [6.45, 7) is 3.25. The number of amides is 1. The summed E-state index contributed by atoms with van der Waals surface area (Å²) in [5.41, 5.74) is 0.132. The van der Waals surface area contributed by atoms with Gasteiger partial charge in [0.25, 0.3) is 12.3 Å². The number of halogens is 4. The lowest BCUT2D eigenvalue weighted by Crippen LogP contribution is -2.27. The molecule has 0 spiro atoms. The Hall–Kier alpha value is -2.42. The first-order chi connectivity index (χ1) is 12.3. The van der Waals surface area contributed by atoms with Crippen LogP contribution in [0.5, 0.6) is 0 Å². The van der Waals surface area contributed by atoms with Gasteiger partial charge in [0, 0.05) is 11.8 Å². The quantitative estimate of drug-likeness (QED) is 0.673. The number of hydrogen-bond acceptors (Lipinski definition) is 3. The van der Waals surface area contributed by atoms with Crippen LogP contribution in [0.4, 0.5) is 13.2 Å². The van der Waals surface area contributed by atoms with Crippen molar-refractivity contribution in [2.45, 2.75) is 26.3 Å². The van der Waals surface area contributed by atoms with Gasteiger partial charge in [-0.2, -0.15) is 5.10 Å². The van der Waals surface area contributed by atoms with Gasteiger partial charge in [-0.25, -0.2) is 22.7 Å². The van der Waals surface area contributed by atoms with E-state index in [1.54, 1.807) is 13.0 Å². The number of nitrogens with one attached hydrogen (secondary N) is 1. The van der Waals surface area contributed by atoms with Gasteiger partial charge in [-0.3, -0.25) is 4.79 Å². The van der Waals surface area contributed by atoms with Gasteiger partial charge >= 0.3 is 0 Å². The van der Waals surface area contributed by atoms with Crippen molar-refractivity contribution in [1.29, 1.82) is 0 Å². The molecule has 3 rings (SSSR count). The fourth-order valence-corrected chi connectivity index (χ4v) is 3.12. The minimum Gasteiger partial charge on any atom is -0.345 e. The van der Waals surface area contributed by atoms with Crippen LogP contribution < -0.4 is 5.32 Å². The highest BCUT2D eigenvalue weighted by Crippen LogP contribution is 2.27. The summed E-state index contributed by atoms with van der Waals surface area (Å²) in [7, 11) is 0. The molecule has 3 aromatic rings. The Kier molecular flexibility index (Phi) is 4.99. The lowest BCUT2D eigenvalue weighted by Gasteiger charge is -2.17. The van der Waals surface area contributed by atoms with E-state index in [0.29, 0.717) is 15.9 Å². The van der Waals surface area contributed by atoms with E-state index in [2.05, 4.69) is 31.3 Å². The Morgan fingerprint density at radius 3 is 2.69 bits per heavy atom. The maximum Gasteiger partial charge on any atom is 0.266 e. The van der Waals surface area contributed by atoms with Crippen LogP contribution in [0, 0.1) is 12.7 Å². The molecule has 0 radical (unpaired) electrons. The number of hydrogen-bond donors (Lipinski definition) is 1. The summed E-state index contributed by atoms with van der Waals surface area (Å²) in [6, 6.07) is 4.50. The zero-order chi connectivity index (χ0) is 19.0.